The van der Waals surface area contributed by atoms with Crippen LogP contribution >= 0.6 is 0 Å². The second kappa shape index (κ2) is 9.96. The van der Waals surface area contributed by atoms with Crippen molar-refractivity contribution in [3.8, 4) is 0 Å². The zero-order valence-corrected chi connectivity index (χ0v) is 25.9. The predicted molar refractivity (Wildman–Crippen MR) is 156 cm³/mol. The molecule has 12 unspecified atom stereocenters. The number of likely N-dealkylation sites (N-methyl/N-ethyl adjacent to an activating group) is 1. The largest absolute Gasteiger partial charge is 0.461 e. The van der Waals surface area contributed by atoms with Crippen molar-refractivity contribution in [1.29, 1.82) is 0 Å². The molecule has 1 aliphatic heterocycles. The molecule has 12 atom stereocenters. The SMILES string of the molecule is CCN1CC2(COC(=O)c3ccccc3NC(C)=O)CCC(OC)C34C5CC6C(OC)CC(O)(C5C6OC)C(O)(CC23)C14. The quantitative estimate of drug-likeness (QED) is 0.387. The van der Waals surface area contributed by atoms with Gasteiger partial charge in [0, 0.05) is 69.9 Å². The third-order valence-electron chi connectivity index (χ3n) is 13.0. The molecule has 7 bridgehead atoms. The first-order valence-electron chi connectivity index (χ1n) is 15.9. The van der Waals surface area contributed by atoms with E-state index >= 15 is 0 Å². The fourth-order valence-corrected chi connectivity index (χ4v) is 11.9. The smallest absolute Gasteiger partial charge is 0.340 e. The van der Waals surface area contributed by atoms with Crippen LogP contribution in [-0.2, 0) is 23.7 Å². The van der Waals surface area contributed by atoms with Crippen LogP contribution in [0.1, 0.15) is 56.3 Å². The van der Waals surface area contributed by atoms with Gasteiger partial charge in [0.1, 0.15) is 11.2 Å². The second-order valence-electron chi connectivity index (χ2n) is 14.2. The summed E-state index contributed by atoms with van der Waals surface area (Å²) in [7, 11) is 5.19. The number of hydrogen-bond donors (Lipinski definition) is 3. The fraction of sp³-hybridized carbons (Fsp3) is 0.758. The maximum atomic E-state index is 13.6. The number of para-hydroxylation sites is 1. The Balaban J connectivity index is 1.32. The third kappa shape index (κ3) is 3.56. The molecule has 5 saturated carbocycles. The van der Waals surface area contributed by atoms with Gasteiger partial charge in [0.15, 0.2) is 0 Å². The highest BCUT2D eigenvalue weighted by molar-refractivity contribution is 6.00. The van der Waals surface area contributed by atoms with Crippen molar-refractivity contribution in [2.24, 2.45) is 34.5 Å². The van der Waals surface area contributed by atoms with Crippen LogP contribution in [0.5, 0.6) is 0 Å². The number of anilines is 1. The van der Waals surface area contributed by atoms with Crippen LogP contribution in [0.25, 0.3) is 0 Å². The zero-order chi connectivity index (χ0) is 30.5. The summed E-state index contributed by atoms with van der Waals surface area (Å²) in [6, 6.07) is 6.61. The normalized spacial score (nSPS) is 47.3. The Kier molecular flexibility index (Phi) is 6.86. The average Bonchev–Trinajstić information content (AvgIpc) is 3.42. The number of rotatable bonds is 8. The molecule has 43 heavy (non-hydrogen) atoms. The Morgan fingerprint density at radius 1 is 1.07 bits per heavy atom. The van der Waals surface area contributed by atoms with Crippen LogP contribution in [-0.4, -0.2) is 104 Å². The topological polar surface area (TPSA) is 127 Å². The van der Waals surface area contributed by atoms with Crippen molar-refractivity contribution in [3.05, 3.63) is 29.8 Å². The number of nitrogens with one attached hydrogen (secondary N) is 1. The molecule has 1 amide bonds. The lowest BCUT2D eigenvalue weighted by atomic mass is 9.42. The van der Waals surface area contributed by atoms with Gasteiger partial charge >= 0.3 is 5.97 Å². The molecule has 6 aliphatic rings. The molecule has 1 aromatic rings. The summed E-state index contributed by atoms with van der Waals surface area (Å²) in [6.07, 6.45) is 2.66. The van der Waals surface area contributed by atoms with Gasteiger partial charge in [-0.25, -0.2) is 4.79 Å². The minimum atomic E-state index is -1.40. The fourth-order valence-electron chi connectivity index (χ4n) is 11.9. The van der Waals surface area contributed by atoms with Gasteiger partial charge in [-0.3, -0.25) is 9.69 Å². The predicted octanol–water partition coefficient (Wildman–Crippen LogP) is 2.47. The first-order chi connectivity index (χ1) is 20.6. The van der Waals surface area contributed by atoms with Gasteiger partial charge < -0.3 is 34.5 Å². The summed E-state index contributed by atoms with van der Waals surface area (Å²) < 4.78 is 24.7. The summed E-state index contributed by atoms with van der Waals surface area (Å²) in [5.41, 5.74) is -2.91. The number of likely N-dealkylation sites (tertiary alicyclic amines) is 1. The van der Waals surface area contributed by atoms with Crippen LogP contribution in [0.4, 0.5) is 5.69 Å². The van der Waals surface area contributed by atoms with Crippen LogP contribution in [0.15, 0.2) is 24.3 Å². The molecule has 7 rings (SSSR count). The number of methoxy groups -OCH3 is 3. The molecule has 6 fully saturated rings. The number of carbonyl (C=O) groups is 2. The number of carbonyl (C=O) groups excluding carboxylic acids is 2. The molecule has 10 nitrogen and oxygen atoms in total. The molecule has 236 valence electrons. The summed E-state index contributed by atoms with van der Waals surface area (Å²) >= 11 is 0. The van der Waals surface area contributed by atoms with Crippen molar-refractivity contribution in [2.45, 2.75) is 81.5 Å². The van der Waals surface area contributed by atoms with Crippen LogP contribution in [0.3, 0.4) is 0 Å². The number of hydrogen-bond acceptors (Lipinski definition) is 9. The Morgan fingerprint density at radius 3 is 2.51 bits per heavy atom. The lowest BCUT2D eigenvalue weighted by Gasteiger charge is -2.70. The standard InChI is InChI=1S/C33H46N2O8/c1-6-35-16-30(17-43-28(37)19-9-7-8-10-22(19)34-18(2)36)12-11-25(41-4)33-21-13-20-23(40-3)14-31(38,26(21)27(20)42-5)32(39,29(33)35)15-24(30)33/h7-10,20-21,23-27,29,38-39H,6,11-17H2,1-5H3,(H,34,36). The van der Waals surface area contributed by atoms with E-state index in [4.69, 9.17) is 18.9 Å². The van der Waals surface area contributed by atoms with Gasteiger partial charge in [0.25, 0.3) is 0 Å². The number of fused-ring (bicyclic) bond motifs is 2. The molecule has 1 spiro atoms. The van der Waals surface area contributed by atoms with E-state index in [0.29, 0.717) is 37.2 Å². The van der Waals surface area contributed by atoms with E-state index in [0.717, 1.165) is 19.3 Å². The average molecular weight is 599 g/mol. The van der Waals surface area contributed by atoms with Crippen LogP contribution in [0, 0.1) is 34.5 Å². The van der Waals surface area contributed by atoms with E-state index in [1.165, 1.54) is 6.92 Å². The van der Waals surface area contributed by atoms with Crippen molar-refractivity contribution in [2.75, 3.05) is 46.3 Å². The first-order valence-corrected chi connectivity index (χ1v) is 15.9. The van der Waals surface area contributed by atoms with Crippen molar-refractivity contribution < 1.29 is 38.7 Å². The zero-order valence-electron chi connectivity index (χ0n) is 25.9. The van der Waals surface area contributed by atoms with E-state index in [2.05, 4.69) is 17.1 Å². The van der Waals surface area contributed by atoms with Gasteiger partial charge in [-0.05, 0) is 56.2 Å². The molecule has 1 aromatic carbocycles. The van der Waals surface area contributed by atoms with E-state index in [1.807, 2.05) is 0 Å². The van der Waals surface area contributed by atoms with E-state index in [9.17, 15) is 19.8 Å². The molecule has 0 radical (unpaired) electrons. The lowest BCUT2D eigenvalue weighted by Crippen LogP contribution is -2.81. The molecular formula is C33H46N2O8. The minimum Gasteiger partial charge on any atom is -0.461 e. The Hall–Kier alpha value is -2.08. The molecule has 1 heterocycles. The van der Waals surface area contributed by atoms with Crippen molar-refractivity contribution in [1.82, 2.24) is 4.90 Å². The first kappa shape index (κ1) is 29.6. The second-order valence-corrected chi connectivity index (χ2v) is 14.2. The van der Waals surface area contributed by atoms with Crippen molar-refractivity contribution >= 4 is 17.6 Å². The number of ether oxygens (including phenoxy) is 4. The number of nitrogens with zero attached hydrogens (tertiary/aromatic N) is 1. The highest BCUT2D eigenvalue weighted by Gasteiger charge is 2.88. The van der Waals surface area contributed by atoms with Crippen LogP contribution < -0.4 is 5.32 Å². The summed E-state index contributed by atoms with van der Waals surface area (Å²) in [4.78, 5) is 27.7. The summed E-state index contributed by atoms with van der Waals surface area (Å²) in [6.45, 7) is 5.07. The number of benzene rings is 1. The summed E-state index contributed by atoms with van der Waals surface area (Å²) in [5.74, 6) is -0.823. The molecular weight excluding hydrogens is 552 g/mol. The van der Waals surface area contributed by atoms with Gasteiger partial charge in [-0.15, -0.1) is 0 Å². The maximum Gasteiger partial charge on any atom is 0.340 e. The highest BCUT2D eigenvalue weighted by atomic mass is 16.5. The van der Waals surface area contributed by atoms with E-state index in [-0.39, 0.29) is 60.5 Å². The van der Waals surface area contributed by atoms with Gasteiger partial charge in [-0.1, -0.05) is 19.1 Å². The van der Waals surface area contributed by atoms with Gasteiger partial charge in [-0.2, -0.15) is 0 Å². The maximum absolute atomic E-state index is 13.6. The van der Waals surface area contributed by atoms with Gasteiger partial charge in [0.2, 0.25) is 5.91 Å². The molecule has 1 saturated heterocycles. The monoisotopic (exact) mass is 598 g/mol. The Labute approximate surface area is 253 Å². The Morgan fingerprint density at radius 2 is 1.84 bits per heavy atom. The molecule has 10 heteroatoms. The third-order valence-corrected chi connectivity index (χ3v) is 13.0. The highest BCUT2D eigenvalue weighted by Crippen LogP contribution is 2.80. The molecule has 5 aliphatic carbocycles. The van der Waals surface area contributed by atoms with E-state index in [1.54, 1.807) is 45.6 Å². The summed E-state index contributed by atoms with van der Waals surface area (Å²) in [5, 5.41) is 28.6. The van der Waals surface area contributed by atoms with E-state index < -0.39 is 28.0 Å². The molecule has 3 N–H and O–H groups in total. The number of amides is 1. The van der Waals surface area contributed by atoms with Gasteiger partial charge in [0.05, 0.1) is 36.2 Å². The minimum absolute atomic E-state index is 0.0215. The molecule has 0 aromatic heterocycles. The van der Waals surface area contributed by atoms with Crippen molar-refractivity contribution in [3.63, 3.8) is 0 Å². The van der Waals surface area contributed by atoms with Crippen LogP contribution in [0.2, 0.25) is 0 Å². The Bertz CT molecular complexity index is 1310. The number of esters is 1. The number of aliphatic hydroxyl groups is 2. The lowest BCUT2D eigenvalue weighted by molar-refractivity contribution is -0.315. The number of piperidine rings is 1.